The lowest BCUT2D eigenvalue weighted by molar-refractivity contribution is -0.130. The Hall–Kier alpha value is -1.92. The van der Waals surface area contributed by atoms with Crippen molar-refractivity contribution in [3.05, 3.63) is 41.8 Å². The van der Waals surface area contributed by atoms with Crippen molar-refractivity contribution in [3.8, 4) is 11.3 Å². The Morgan fingerprint density at radius 1 is 1.19 bits per heavy atom. The molecule has 1 heterocycles. The molecule has 0 radical (unpaired) electrons. The van der Waals surface area contributed by atoms with Crippen molar-refractivity contribution in [2.45, 2.75) is 38.5 Å². The number of nitrogens with two attached hydrogens (primary N) is 1. The van der Waals surface area contributed by atoms with Gasteiger partial charge in [0.1, 0.15) is 5.82 Å². The molecule has 144 valence electrons. The van der Waals surface area contributed by atoms with Gasteiger partial charge in [0.2, 0.25) is 5.91 Å². The van der Waals surface area contributed by atoms with Gasteiger partial charge >= 0.3 is 0 Å². The van der Waals surface area contributed by atoms with E-state index in [4.69, 9.17) is 5.73 Å². The number of benzene rings is 1. The summed E-state index contributed by atoms with van der Waals surface area (Å²) in [6.45, 7) is 1.34. The molecule has 1 amide bonds. The van der Waals surface area contributed by atoms with Crippen molar-refractivity contribution in [1.82, 2.24) is 15.1 Å². The minimum Gasteiger partial charge on any atom is -0.346 e. The average molecular weight is 383 g/mol. The zero-order valence-electron chi connectivity index (χ0n) is 15.2. The number of aryl methyl sites for hydroxylation is 1. The molecule has 26 heavy (non-hydrogen) atoms. The summed E-state index contributed by atoms with van der Waals surface area (Å²) in [5.41, 5.74) is 8.24. The zero-order chi connectivity index (χ0) is 18.1. The number of nitrogens with zero attached hydrogens (tertiary/aromatic N) is 2. The number of amides is 1. The molecule has 0 saturated carbocycles. The fourth-order valence-electron chi connectivity index (χ4n) is 2.67. The number of aromatic amines is 1. The van der Waals surface area contributed by atoms with Crippen LogP contribution in [0.3, 0.4) is 0 Å². The molecule has 1 aromatic heterocycles. The van der Waals surface area contributed by atoms with Crippen LogP contribution in [-0.2, 0) is 11.2 Å². The maximum atomic E-state index is 13.0. The Bertz CT molecular complexity index is 660. The Morgan fingerprint density at radius 2 is 1.92 bits per heavy atom. The molecule has 0 fully saturated rings. The Morgan fingerprint density at radius 3 is 2.62 bits per heavy atom. The highest BCUT2D eigenvalue weighted by atomic mass is 35.5. The lowest BCUT2D eigenvalue weighted by Gasteiger charge is -2.16. The van der Waals surface area contributed by atoms with E-state index in [9.17, 15) is 9.18 Å². The summed E-state index contributed by atoms with van der Waals surface area (Å²) in [7, 11) is 1.85. The first-order chi connectivity index (χ1) is 12.1. The van der Waals surface area contributed by atoms with Gasteiger partial charge in [-0.1, -0.05) is 6.42 Å². The molecule has 0 atom stereocenters. The molecular formula is C19H28ClFN4O. The number of unbranched alkanes of at least 4 members (excludes halogenated alkanes) is 2. The van der Waals surface area contributed by atoms with Gasteiger partial charge in [-0.05, 0) is 62.6 Å². The van der Waals surface area contributed by atoms with Crippen LogP contribution in [0.4, 0.5) is 4.39 Å². The number of aromatic nitrogens is 2. The standard InChI is InChI=1S/C19H27FN4O.ClH/c1-24(19(25)7-5-12-21)13-4-2-3-6-17-14-18(23-22-17)15-8-10-16(20)11-9-15;/h8-11,14H,2-7,12-13,21H2,1H3,(H,22,23);1H. The molecule has 2 rings (SSSR count). The third-order valence-electron chi connectivity index (χ3n) is 4.23. The van der Waals surface area contributed by atoms with Gasteiger partial charge in [0.05, 0.1) is 5.69 Å². The second kappa shape index (κ2) is 11.6. The average Bonchev–Trinajstić information content (AvgIpc) is 3.08. The highest BCUT2D eigenvalue weighted by Gasteiger charge is 2.08. The first-order valence-corrected chi connectivity index (χ1v) is 8.84. The SMILES string of the molecule is CN(CCCCCc1cc(-c2ccc(F)cc2)n[nH]1)C(=O)CCCN.Cl. The molecule has 0 bridgehead atoms. The van der Waals surface area contributed by atoms with Gasteiger partial charge < -0.3 is 10.6 Å². The van der Waals surface area contributed by atoms with Crippen LogP contribution in [0.25, 0.3) is 11.3 Å². The van der Waals surface area contributed by atoms with Crippen molar-refractivity contribution in [2.24, 2.45) is 5.73 Å². The van der Waals surface area contributed by atoms with Crippen LogP contribution in [0.1, 0.15) is 37.8 Å². The quantitative estimate of drug-likeness (QED) is 0.617. The third kappa shape index (κ3) is 7.14. The third-order valence-corrected chi connectivity index (χ3v) is 4.23. The van der Waals surface area contributed by atoms with E-state index in [1.165, 1.54) is 12.1 Å². The van der Waals surface area contributed by atoms with Gasteiger partial charge in [0.25, 0.3) is 0 Å². The van der Waals surface area contributed by atoms with Gasteiger partial charge in [-0.3, -0.25) is 9.89 Å². The number of rotatable bonds is 10. The van der Waals surface area contributed by atoms with Crippen LogP contribution >= 0.6 is 12.4 Å². The largest absolute Gasteiger partial charge is 0.346 e. The summed E-state index contributed by atoms with van der Waals surface area (Å²) in [5, 5.41) is 7.32. The fraction of sp³-hybridized carbons (Fsp3) is 0.474. The van der Waals surface area contributed by atoms with Crippen LogP contribution in [-0.4, -0.2) is 41.1 Å². The number of H-pyrrole nitrogens is 1. The molecule has 0 spiro atoms. The van der Waals surface area contributed by atoms with Crippen molar-refractivity contribution < 1.29 is 9.18 Å². The Balaban J connectivity index is 0.00000338. The van der Waals surface area contributed by atoms with Crippen molar-refractivity contribution in [1.29, 1.82) is 0 Å². The summed E-state index contributed by atoms with van der Waals surface area (Å²) in [4.78, 5) is 13.6. The van der Waals surface area contributed by atoms with E-state index in [1.54, 1.807) is 17.0 Å². The number of halogens is 2. The van der Waals surface area contributed by atoms with Crippen LogP contribution in [0.5, 0.6) is 0 Å². The number of hydrogen-bond acceptors (Lipinski definition) is 3. The van der Waals surface area contributed by atoms with Gasteiger partial charge in [0, 0.05) is 31.3 Å². The molecule has 7 heteroatoms. The molecule has 5 nitrogen and oxygen atoms in total. The predicted molar refractivity (Wildman–Crippen MR) is 105 cm³/mol. The second-order valence-electron chi connectivity index (χ2n) is 6.30. The van der Waals surface area contributed by atoms with E-state index in [1.807, 2.05) is 13.1 Å². The summed E-state index contributed by atoms with van der Waals surface area (Å²) in [6.07, 6.45) is 5.28. The monoisotopic (exact) mass is 382 g/mol. The Kier molecular flexibility index (Phi) is 9.91. The highest BCUT2D eigenvalue weighted by molar-refractivity contribution is 5.85. The minimum absolute atomic E-state index is 0. The van der Waals surface area contributed by atoms with E-state index in [0.717, 1.165) is 55.6 Å². The van der Waals surface area contributed by atoms with Crippen molar-refractivity contribution >= 4 is 18.3 Å². The molecular weight excluding hydrogens is 355 g/mol. The van der Waals surface area contributed by atoms with Crippen LogP contribution in [0.15, 0.2) is 30.3 Å². The lowest BCUT2D eigenvalue weighted by atomic mass is 10.1. The summed E-state index contributed by atoms with van der Waals surface area (Å²) < 4.78 is 13.0. The van der Waals surface area contributed by atoms with Gasteiger partial charge in [-0.2, -0.15) is 5.10 Å². The fourth-order valence-corrected chi connectivity index (χ4v) is 2.67. The summed E-state index contributed by atoms with van der Waals surface area (Å²) in [5.74, 6) is -0.0751. The Labute approximate surface area is 160 Å². The topological polar surface area (TPSA) is 75.0 Å². The summed E-state index contributed by atoms with van der Waals surface area (Å²) >= 11 is 0. The minimum atomic E-state index is -0.244. The van der Waals surface area contributed by atoms with Crippen molar-refractivity contribution in [3.63, 3.8) is 0 Å². The molecule has 0 aliphatic carbocycles. The number of carbonyl (C=O) groups excluding carboxylic acids is 1. The zero-order valence-corrected chi connectivity index (χ0v) is 16.0. The van der Waals surface area contributed by atoms with Gasteiger partial charge in [-0.25, -0.2) is 4.39 Å². The number of hydrogen-bond donors (Lipinski definition) is 2. The van der Waals surface area contributed by atoms with E-state index in [2.05, 4.69) is 10.2 Å². The van der Waals surface area contributed by atoms with E-state index < -0.39 is 0 Å². The normalized spacial score (nSPS) is 10.4. The van der Waals surface area contributed by atoms with E-state index in [0.29, 0.717) is 13.0 Å². The first kappa shape index (κ1) is 22.1. The maximum Gasteiger partial charge on any atom is 0.222 e. The molecule has 0 saturated heterocycles. The molecule has 1 aromatic carbocycles. The molecule has 0 unspecified atom stereocenters. The number of carbonyl (C=O) groups is 1. The van der Waals surface area contributed by atoms with E-state index in [-0.39, 0.29) is 24.1 Å². The van der Waals surface area contributed by atoms with E-state index >= 15 is 0 Å². The van der Waals surface area contributed by atoms with Crippen LogP contribution in [0, 0.1) is 5.82 Å². The van der Waals surface area contributed by atoms with Gasteiger partial charge in [-0.15, -0.1) is 12.4 Å². The smallest absolute Gasteiger partial charge is 0.222 e. The van der Waals surface area contributed by atoms with Crippen molar-refractivity contribution in [2.75, 3.05) is 20.1 Å². The highest BCUT2D eigenvalue weighted by Crippen LogP contribution is 2.18. The van der Waals surface area contributed by atoms with Crippen LogP contribution in [0.2, 0.25) is 0 Å². The summed E-state index contributed by atoms with van der Waals surface area (Å²) in [6, 6.07) is 8.35. The molecule has 3 N–H and O–H groups in total. The van der Waals surface area contributed by atoms with Gasteiger partial charge in [0.15, 0.2) is 0 Å². The van der Waals surface area contributed by atoms with Crippen LogP contribution < -0.4 is 5.73 Å². The number of nitrogens with one attached hydrogen (secondary N) is 1. The molecule has 0 aliphatic heterocycles. The maximum absolute atomic E-state index is 13.0. The lowest BCUT2D eigenvalue weighted by Crippen LogP contribution is -2.28. The predicted octanol–water partition coefficient (Wildman–Crippen LogP) is 3.55. The molecule has 2 aromatic rings. The second-order valence-corrected chi connectivity index (χ2v) is 6.30. The molecule has 0 aliphatic rings. The first-order valence-electron chi connectivity index (χ1n) is 8.84.